The number of rotatable bonds is 1. The second kappa shape index (κ2) is 2.57. The molecule has 12 heavy (non-hydrogen) atoms. The maximum absolute atomic E-state index is 11.2. The summed E-state index contributed by atoms with van der Waals surface area (Å²) in [6, 6.07) is 0.269. The summed E-state index contributed by atoms with van der Waals surface area (Å²) in [5.41, 5.74) is 0. The molecule has 0 unspecified atom stereocenters. The van der Waals surface area contributed by atoms with Gasteiger partial charge in [-0.1, -0.05) is 12.2 Å². The Morgan fingerprint density at radius 3 is 2.58 bits per heavy atom. The number of nitrogens with zero attached hydrogens (tertiary/aromatic N) is 1. The van der Waals surface area contributed by atoms with E-state index in [0.29, 0.717) is 5.92 Å². The second-order valence-corrected chi connectivity index (χ2v) is 5.54. The van der Waals surface area contributed by atoms with Gasteiger partial charge in [0.1, 0.15) is 0 Å². The van der Waals surface area contributed by atoms with Gasteiger partial charge in [0.15, 0.2) is 0 Å². The summed E-state index contributed by atoms with van der Waals surface area (Å²) < 4.78 is 24.0. The Morgan fingerprint density at radius 1 is 1.33 bits per heavy atom. The molecular formula is C8H13NO2S. The van der Waals surface area contributed by atoms with Crippen LogP contribution >= 0.6 is 0 Å². The smallest absolute Gasteiger partial charge is 0.211 e. The maximum atomic E-state index is 11.2. The third-order valence-corrected chi connectivity index (χ3v) is 4.01. The topological polar surface area (TPSA) is 37.4 Å². The molecule has 0 saturated carbocycles. The Morgan fingerprint density at radius 2 is 2.00 bits per heavy atom. The summed E-state index contributed by atoms with van der Waals surface area (Å²) >= 11 is 0. The minimum Gasteiger partial charge on any atom is -0.212 e. The molecule has 1 saturated heterocycles. The summed E-state index contributed by atoms with van der Waals surface area (Å²) in [6.45, 7) is 0.730. The fraction of sp³-hybridized carbons (Fsp3) is 0.750. The van der Waals surface area contributed by atoms with Crippen molar-refractivity contribution in [3.05, 3.63) is 12.2 Å². The molecule has 0 aromatic carbocycles. The zero-order valence-corrected chi connectivity index (χ0v) is 7.92. The summed E-state index contributed by atoms with van der Waals surface area (Å²) in [5, 5.41) is 0. The first-order valence-corrected chi connectivity index (χ1v) is 6.05. The van der Waals surface area contributed by atoms with Gasteiger partial charge >= 0.3 is 0 Å². The molecule has 1 heterocycles. The summed E-state index contributed by atoms with van der Waals surface area (Å²) in [5.74, 6) is 0.588. The first-order chi connectivity index (χ1) is 5.59. The first-order valence-electron chi connectivity index (χ1n) is 4.21. The van der Waals surface area contributed by atoms with Crippen LogP contribution in [0.4, 0.5) is 0 Å². The zero-order chi connectivity index (χ0) is 8.77. The molecular weight excluding hydrogens is 174 g/mol. The van der Waals surface area contributed by atoms with Crippen LogP contribution in [0.3, 0.4) is 0 Å². The van der Waals surface area contributed by atoms with Crippen molar-refractivity contribution in [1.29, 1.82) is 0 Å². The maximum Gasteiger partial charge on any atom is 0.211 e. The number of allylic oxidation sites excluding steroid dienone is 1. The first kappa shape index (κ1) is 8.26. The van der Waals surface area contributed by atoms with E-state index in [1.165, 1.54) is 6.26 Å². The Labute approximate surface area is 73.1 Å². The van der Waals surface area contributed by atoms with Gasteiger partial charge in [-0.05, 0) is 18.8 Å². The average Bonchev–Trinajstić information content (AvgIpc) is 1.88. The third kappa shape index (κ3) is 1.19. The minimum absolute atomic E-state index is 0.269. The molecule has 0 N–H and O–H groups in total. The van der Waals surface area contributed by atoms with E-state index < -0.39 is 10.0 Å². The van der Waals surface area contributed by atoms with Crippen LogP contribution in [0.2, 0.25) is 0 Å². The molecule has 1 aliphatic carbocycles. The molecule has 1 fully saturated rings. The van der Waals surface area contributed by atoms with Crippen LogP contribution in [0.1, 0.15) is 12.8 Å². The van der Waals surface area contributed by atoms with Gasteiger partial charge in [-0.2, -0.15) is 4.31 Å². The fourth-order valence-corrected chi connectivity index (χ4v) is 3.23. The Bertz CT molecular complexity index is 307. The molecule has 0 amide bonds. The molecule has 0 spiro atoms. The molecule has 2 atom stereocenters. The summed E-state index contributed by atoms with van der Waals surface area (Å²) in [4.78, 5) is 0. The molecule has 0 bridgehead atoms. The van der Waals surface area contributed by atoms with E-state index in [9.17, 15) is 8.42 Å². The highest BCUT2D eigenvalue weighted by Crippen LogP contribution is 2.35. The molecule has 0 aromatic heterocycles. The molecule has 0 radical (unpaired) electrons. The molecule has 2 rings (SSSR count). The van der Waals surface area contributed by atoms with E-state index in [1.54, 1.807) is 4.31 Å². The molecule has 4 heteroatoms. The van der Waals surface area contributed by atoms with Crippen molar-refractivity contribution < 1.29 is 8.42 Å². The van der Waals surface area contributed by atoms with E-state index in [4.69, 9.17) is 0 Å². The standard InChI is InChI=1S/C8H13NO2S/c1-12(10,11)9-6-7-4-2-3-5-8(7)9/h2-3,7-8H,4-6H2,1H3/t7-,8-/m1/s1. The molecule has 68 valence electrons. The van der Waals surface area contributed by atoms with Gasteiger partial charge in [0, 0.05) is 12.6 Å². The monoisotopic (exact) mass is 187 g/mol. The van der Waals surface area contributed by atoms with Gasteiger partial charge in [-0.15, -0.1) is 0 Å². The Hall–Kier alpha value is -0.350. The number of hydrogen-bond acceptors (Lipinski definition) is 2. The Balaban J connectivity index is 2.13. The van der Waals surface area contributed by atoms with Crippen molar-refractivity contribution in [1.82, 2.24) is 4.31 Å². The van der Waals surface area contributed by atoms with Gasteiger partial charge in [-0.3, -0.25) is 0 Å². The normalized spacial score (nSPS) is 35.8. The summed E-state index contributed by atoms with van der Waals surface area (Å²) in [6.07, 6.45) is 7.48. The zero-order valence-electron chi connectivity index (χ0n) is 7.10. The minimum atomic E-state index is -2.94. The SMILES string of the molecule is CS(=O)(=O)N1C[C@H]2CC=CC[C@H]21. The third-order valence-electron chi connectivity index (χ3n) is 2.74. The van der Waals surface area contributed by atoms with E-state index in [1.807, 2.05) is 0 Å². The Kier molecular flexibility index (Phi) is 1.77. The largest absolute Gasteiger partial charge is 0.212 e. The predicted octanol–water partition coefficient (Wildman–Crippen LogP) is 0.596. The van der Waals surface area contributed by atoms with Gasteiger partial charge in [-0.25, -0.2) is 8.42 Å². The van der Waals surface area contributed by atoms with Crippen molar-refractivity contribution in [2.24, 2.45) is 5.92 Å². The average molecular weight is 187 g/mol. The highest BCUT2D eigenvalue weighted by atomic mass is 32.2. The number of sulfonamides is 1. The molecule has 1 aliphatic heterocycles. The fourth-order valence-electron chi connectivity index (χ4n) is 2.01. The lowest BCUT2D eigenvalue weighted by atomic mass is 9.83. The van der Waals surface area contributed by atoms with E-state index >= 15 is 0 Å². The summed E-state index contributed by atoms with van der Waals surface area (Å²) in [7, 11) is -2.94. The number of fused-ring (bicyclic) bond motifs is 1. The molecule has 3 nitrogen and oxygen atoms in total. The van der Waals surface area contributed by atoms with Crippen LogP contribution < -0.4 is 0 Å². The van der Waals surface area contributed by atoms with Crippen molar-refractivity contribution in [3.8, 4) is 0 Å². The van der Waals surface area contributed by atoms with Crippen LogP contribution in [-0.2, 0) is 10.0 Å². The van der Waals surface area contributed by atoms with Crippen LogP contribution in [0.5, 0.6) is 0 Å². The van der Waals surface area contributed by atoms with Gasteiger partial charge in [0.25, 0.3) is 0 Å². The van der Waals surface area contributed by atoms with Gasteiger partial charge in [0.05, 0.1) is 6.26 Å². The van der Waals surface area contributed by atoms with Crippen molar-refractivity contribution >= 4 is 10.0 Å². The van der Waals surface area contributed by atoms with E-state index in [-0.39, 0.29) is 6.04 Å². The van der Waals surface area contributed by atoms with Crippen molar-refractivity contribution in [2.45, 2.75) is 18.9 Å². The second-order valence-electron chi connectivity index (χ2n) is 3.60. The van der Waals surface area contributed by atoms with E-state index in [2.05, 4.69) is 12.2 Å². The van der Waals surface area contributed by atoms with Crippen LogP contribution in [0.15, 0.2) is 12.2 Å². The highest BCUT2D eigenvalue weighted by Gasteiger charge is 2.43. The quantitative estimate of drug-likeness (QED) is 0.564. The lowest BCUT2D eigenvalue weighted by molar-refractivity contribution is 0.0998. The molecule has 0 aromatic rings. The van der Waals surface area contributed by atoms with Gasteiger partial charge in [0.2, 0.25) is 10.0 Å². The van der Waals surface area contributed by atoms with Crippen molar-refractivity contribution in [2.75, 3.05) is 12.8 Å². The van der Waals surface area contributed by atoms with Crippen LogP contribution in [0.25, 0.3) is 0 Å². The number of hydrogen-bond donors (Lipinski definition) is 0. The van der Waals surface area contributed by atoms with Crippen LogP contribution in [-0.4, -0.2) is 31.6 Å². The lowest BCUT2D eigenvalue weighted by Crippen LogP contribution is -2.58. The predicted molar refractivity (Wildman–Crippen MR) is 47.2 cm³/mol. The lowest BCUT2D eigenvalue weighted by Gasteiger charge is -2.47. The van der Waals surface area contributed by atoms with Crippen LogP contribution in [0, 0.1) is 5.92 Å². The molecule has 2 aliphatic rings. The van der Waals surface area contributed by atoms with E-state index in [0.717, 1.165) is 19.4 Å². The van der Waals surface area contributed by atoms with Gasteiger partial charge < -0.3 is 0 Å². The highest BCUT2D eigenvalue weighted by molar-refractivity contribution is 7.88. The van der Waals surface area contributed by atoms with Crippen molar-refractivity contribution in [3.63, 3.8) is 0 Å².